The summed E-state index contributed by atoms with van der Waals surface area (Å²) < 4.78 is 0. The molecule has 0 amide bonds. The molecule has 0 aliphatic heterocycles. The number of aryl methyl sites for hydroxylation is 1. The monoisotopic (exact) mass is 493 g/mol. The highest BCUT2D eigenvalue weighted by molar-refractivity contribution is 6.25. The van der Waals surface area contributed by atoms with Crippen LogP contribution in [0.1, 0.15) is 31.4 Å². The molecule has 4 aromatic heterocycles. The summed E-state index contributed by atoms with van der Waals surface area (Å²) in [6.07, 6.45) is 7.58. The van der Waals surface area contributed by atoms with Gasteiger partial charge in [0.05, 0.1) is 22.7 Å². The summed E-state index contributed by atoms with van der Waals surface area (Å²) >= 11 is 0. The largest absolute Gasteiger partial charge is 0.342 e. The van der Waals surface area contributed by atoms with Gasteiger partial charge in [-0.25, -0.2) is 15.0 Å². The molecule has 7 heteroatoms. The van der Waals surface area contributed by atoms with E-state index in [1.165, 1.54) is 5.39 Å². The lowest BCUT2D eigenvalue weighted by atomic mass is 9.94. The van der Waals surface area contributed by atoms with Crippen molar-refractivity contribution in [3.63, 3.8) is 0 Å². The summed E-state index contributed by atoms with van der Waals surface area (Å²) in [6, 6.07) is 15.4. The average Bonchev–Trinajstić information content (AvgIpc) is 3.58. The van der Waals surface area contributed by atoms with Gasteiger partial charge >= 0.3 is 0 Å². The van der Waals surface area contributed by atoms with Crippen molar-refractivity contribution in [1.29, 1.82) is 0 Å². The van der Waals surface area contributed by atoms with E-state index in [1.54, 1.807) is 0 Å². The second-order valence-electron chi connectivity index (χ2n) is 10.3. The van der Waals surface area contributed by atoms with E-state index < -0.39 is 0 Å². The van der Waals surface area contributed by atoms with Gasteiger partial charge in [-0.15, -0.1) is 0 Å². The van der Waals surface area contributed by atoms with Crippen LogP contribution in [0.3, 0.4) is 0 Å². The first kappa shape index (κ1) is 21.2. The van der Waals surface area contributed by atoms with Crippen molar-refractivity contribution in [3.8, 4) is 11.1 Å². The lowest BCUT2D eigenvalue weighted by Crippen LogP contribution is -1.88. The number of H-pyrrole nitrogens is 2. The average molecular weight is 494 g/mol. The molecule has 182 valence electrons. The van der Waals surface area contributed by atoms with E-state index in [2.05, 4.69) is 76.5 Å². The molecule has 4 heterocycles. The number of nitrogens with zero attached hydrogens (tertiary/aromatic N) is 5. The first-order valence-corrected chi connectivity index (χ1v) is 12.8. The summed E-state index contributed by atoms with van der Waals surface area (Å²) in [4.78, 5) is 22.4. The number of imidazole rings is 2. The van der Waals surface area contributed by atoms with Crippen LogP contribution in [0.5, 0.6) is 0 Å². The lowest BCUT2D eigenvalue weighted by molar-refractivity contribution is 0.799. The number of hydrogen-bond donors (Lipinski definition) is 2. The van der Waals surface area contributed by atoms with Crippen molar-refractivity contribution < 1.29 is 0 Å². The summed E-state index contributed by atoms with van der Waals surface area (Å²) in [5, 5.41) is 16.2. The van der Waals surface area contributed by atoms with Crippen molar-refractivity contribution >= 4 is 65.2 Å². The zero-order valence-corrected chi connectivity index (χ0v) is 21.2. The minimum atomic E-state index is 0.253. The van der Waals surface area contributed by atoms with Crippen molar-refractivity contribution in [3.05, 3.63) is 78.9 Å². The Bertz CT molecular complexity index is 2240. The van der Waals surface area contributed by atoms with Crippen molar-refractivity contribution in [2.45, 2.75) is 26.7 Å². The zero-order valence-electron chi connectivity index (χ0n) is 21.2. The van der Waals surface area contributed by atoms with Gasteiger partial charge in [-0.05, 0) is 52.4 Å². The molecule has 0 unspecified atom stereocenters. The van der Waals surface area contributed by atoms with Crippen molar-refractivity contribution in [2.24, 2.45) is 0 Å². The second kappa shape index (κ2) is 7.55. The normalized spacial score (nSPS) is 12.3. The SMILES string of the molecule is Cc1nc2c3cnccc3c3cc(-c4ccc5c(c4)c4c[nH]ncc4c4nc(C(C)C)nc54)ccc3c2[nH]1. The Balaban J connectivity index is 1.42. The highest BCUT2D eigenvalue weighted by Gasteiger charge is 2.17. The van der Waals surface area contributed by atoms with Crippen LogP contribution in [-0.4, -0.2) is 35.1 Å². The molecular formula is C31H23N7. The van der Waals surface area contributed by atoms with Gasteiger partial charge in [0.2, 0.25) is 0 Å². The lowest BCUT2D eigenvalue weighted by Gasteiger charge is -2.11. The van der Waals surface area contributed by atoms with Gasteiger partial charge in [-0.3, -0.25) is 10.1 Å². The summed E-state index contributed by atoms with van der Waals surface area (Å²) in [5.74, 6) is 2.02. The quantitative estimate of drug-likeness (QED) is 0.246. The molecule has 0 aliphatic carbocycles. The smallest absolute Gasteiger partial charge is 0.132 e. The topological polar surface area (TPSA) is 96.0 Å². The number of pyridine rings is 1. The zero-order chi connectivity index (χ0) is 25.5. The maximum Gasteiger partial charge on any atom is 0.132 e. The molecule has 0 saturated carbocycles. The number of aromatic nitrogens is 7. The molecule has 4 aromatic carbocycles. The van der Waals surface area contributed by atoms with E-state index in [0.29, 0.717) is 0 Å². The maximum absolute atomic E-state index is 4.93. The predicted octanol–water partition coefficient (Wildman–Crippen LogP) is 7.34. The van der Waals surface area contributed by atoms with Gasteiger partial charge in [0.25, 0.3) is 0 Å². The second-order valence-corrected chi connectivity index (χ2v) is 10.3. The third-order valence-electron chi connectivity index (χ3n) is 7.59. The Morgan fingerprint density at radius 3 is 2.16 bits per heavy atom. The van der Waals surface area contributed by atoms with Crippen LogP contribution in [0.2, 0.25) is 0 Å². The van der Waals surface area contributed by atoms with E-state index in [4.69, 9.17) is 15.0 Å². The predicted molar refractivity (Wildman–Crippen MR) is 153 cm³/mol. The van der Waals surface area contributed by atoms with Crippen LogP contribution in [0.4, 0.5) is 0 Å². The highest BCUT2D eigenvalue weighted by atomic mass is 15.1. The first-order chi connectivity index (χ1) is 18.6. The van der Waals surface area contributed by atoms with Crippen molar-refractivity contribution in [1.82, 2.24) is 35.1 Å². The minimum absolute atomic E-state index is 0.253. The number of rotatable bonds is 2. The summed E-state index contributed by atoms with van der Waals surface area (Å²) in [6.45, 7) is 6.24. The van der Waals surface area contributed by atoms with Gasteiger partial charge < -0.3 is 4.98 Å². The van der Waals surface area contributed by atoms with E-state index >= 15 is 0 Å². The molecule has 8 rings (SSSR count). The standard InChI is InChI=1S/C31H23N7/c1-15(2)31-37-28-21-7-5-18(11-23(21)24-13-33-34-14-26(24)30(28)38-31)17-4-6-20-22(10-17)19-8-9-32-12-25(19)29-27(20)35-16(3)36-29/h4-15,33H,1-3H3,(H,35,36). The van der Waals surface area contributed by atoms with Gasteiger partial charge in [-0.1, -0.05) is 38.1 Å². The third-order valence-corrected chi connectivity index (χ3v) is 7.59. The third kappa shape index (κ3) is 2.87. The van der Waals surface area contributed by atoms with Crippen LogP contribution in [-0.2, 0) is 0 Å². The molecule has 2 N–H and O–H groups in total. The fraction of sp³-hybridized carbons (Fsp3) is 0.129. The Kier molecular flexibility index (Phi) is 4.21. The Morgan fingerprint density at radius 2 is 1.37 bits per heavy atom. The van der Waals surface area contributed by atoms with Crippen LogP contribution < -0.4 is 0 Å². The fourth-order valence-electron chi connectivity index (χ4n) is 5.77. The summed E-state index contributed by atoms with van der Waals surface area (Å²) in [7, 11) is 0. The van der Waals surface area contributed by atoms with Crippen LogP contribution >= 0.6 is 0 Å². The van der Waals surface area contributed by atoms with E-state index in [0.717, 1.165) is 82.5 Å². The first-order valence-electron chi connectivity index (χ1n) is 12.8. The number of aromatic amines is 2. The Hall–Kier alpha value is -4.91. The van der Waals surface area contributed by atoms with Gasteiger partial charge in [-0.2, -0.15) is 5.10 Å². The molecule has 0 fully saturated rings. The molecule has 7 nitrogen and oxygen atoms in total. The highest BCUT2D eigenvalue weighted by Crippen LogP contribution is 2.39. The molecule has 8 aromatic rings. The molecule has 0 aliphatic rings. The summed E-state index contributed by atoms with van der Waals surface area (Å²) in [5.41, 5.74) is 6.16. The van der Waals surface area contributed by atoms with E-state index in [1.807, 2.05) is 31.7 Å². The Morgan fingerprint density at radius 1 is 0.658 bits per heavy atom. The van der Waals surface area contributed by atoms with Crippen LogP contribution in [0, 0.1) is 6.92 Å². The molecule has 0 saturated heterocycles. The fourth-order valence-corrected chi connectivity index (χ4v) is 5.77. The number of benzene rings is 4. The van der Waals surface area contributed by atoms with Gasteiger partial charge in [0.1, 0.15) is 17.2 Å². The van der Waals surface area contributed by atoms with Gasteiger partial charge in [0.15, 0.2) is 0 Å². The molecule has 0 bridgehead atoms. The number of fused-ring (bicyclic) bond motifs is 12. The van der Waals surface area contributed by atoms with E-state index in [9.17, 15) is 0 Å². The minimum Gasteiger partial charge on any atom is -0.342 e. The number of nitrogens with one attached hydrogen (secondary N) is 2. The van der Waals surface area contributed by atoms with Crippen molar-refractivity contribution in [2.75, 3.05) is 0 Å². The molecule has 38 heavy (non-hydrogen) atoms. The number of hydrogen-bond acceptors (Lipinski definition) is 5. The molecule has 0 atom stereocenters. The maximum atomic E-state index is 4.93. The van der Waals surface area contributed by atoms with Crippen LogP contribution in [0.15, 0.2) is 67.3 Å². The van der Waals surface area contributed by atoms with Gasteiger partial charge in [0, 0.05) is 51.4 Å². The molecular weight excluding hydrogens is 470 g/mol. The van der Waals surface area contributed by atoms with E-state index in [-0.39, 0.29) is 5.92 Å². The van der Waals surface area contributed by atoms with Crippen LogP contribution in [0.25, 0.3) is 76.3 Å². The molecule has 0 radical (unpaired) electrons. The molecule has 0 spiro atoms. The Labute approximate surface area is 217 Å².